The Balaban J connectivity index is 2.29. The van der Waals surface area contributed by atoms with Gasteiger partial charge >= 0.3 is 0 Å². The Hall–Kier alpha value is -1.66. The number of methoxy groups -OCH3 is 1. The minimum absolute atomic E-state index is 0.558. The van der Waals surface area contributed by atoms with Crippen molar-refractivity contribution in [3.05, 3.63) is 34.8 Å². The molecule has 1 aromatic carbocycles. The summed E-state index contributed by atoms with van der Waals surface area (Å²) in [5.41, 5.74) is 7.08. The molecule has 0 atom stereocenters. The van der Waals surface area contributed by atoms with Crippen molar-refractivity contribution in [2.75, 3.05) is 25.5 Å². The van der Waals surface area contributed by atoms with Gasteiger partial charge < -0.3 is 15.8 Å². The molecule has 0 spiro atoms. The fourth-order valence-electron chi connectivity index (χ4n) is 1.65. The molecule has 0 saturated heterocycles. The summed E-state index contributed by atoms with van der Waals surface area (Å²) in [6, 6.07) is 9.54. The SMILES string of the molecule is COc1ccc(Br)cc1-c1ccc(NCCN)nn1. The lowest BCUT2D eigenvalue weighted by atomic mass is 10.1. The molecule has 0 fully saturated rings. The summed E-state index contributed by atoms with van der Waals surface area (Å²) in [6.07, 6.45) is 0. The van der Waals surface area contributed by atoms with Crippen molar-refractivity contribution in [3.63, 3.8) is 0 Å². The molecule has 1 heterocycles. The normalized spacial score (nSPS) is 10.3. The van der Waals surface area contributed by atoms with E-state index in [0.717, 1.165) is 21.5 Å². The molecule has 5 nitrogen and oxygen atoms in total. The van der Waals surface area contributed by atoms with Crippen molar-refractivity contribution in [2.45, 2.75) is 0 Å². The zero-order valence-electron chi connectivity index (χ0n) is 10.6. The van der Waals surface area contributed by atoms with Crippen LogP contribution >= 0.6 is 15.9 Å². The molecule has 3 N–H and O–H groups in total. The van der Waals surface area contributed by atoms with Gasteiger partial charge in [-0.05, 0) is 30.3 Å². The number of halogens is 1. The highest BCUT2D eigenvalue weighted by atomic mass is 79.9. The fourth-order valence-corrected chi connectivity index (χ4v) is 2.01. The number of rotatable bonds is 5. The molecule has 19 heavy (non-hydrogen) atoms. The van der Waals surface area contributed by atoms with Crippen molar-refractivity contribution in [1.82, 2.24) is 10.2 Å². The lowest BCUT2D eigenvalue weighted by molar-refractivity contribution is 0.416. The monoisotopic (exact) mass is 322 g/mol. The zero-order valence-corrected chi connectivity index (χ0v) is 12.1. The van der Waals surface area contributed by atoms with Gasteiger partial charge in [0.2, 0.25) is 0 Å². The standard InChI is InChI=1S/C13H15BrN4O/c1-19-12-4-2-9(14)8-10(12)11-3-5-13(18-17-11)16-7-6-15/h2-5,8H,6-7,15H2,1H3,(H,16,18). The van der Waals surface area contributed by atoms with E-state index in [1.807, 2.05) is 30.3 Å². The summed E-state index contributed by atoms with van der Waals surface area (Å²) in [4.78, 5) is 0. The largest absolute Gasteiger partial charge is 0.496 e. The number of anilines is 1. The average Bonchev–Trinajstić information content (AvgIpc) is 2.45. The highest BCUT2D eigenvalue weighted by Gasteiger charge is 2.08. The van der Waals surface area contributed by atoms with E-state index in [1.54, 1.807) is 7.11 Å². The average molecular weight is 323 g/mol. The number of nitrogens with two attached hydrogens (primary N) is 1. The Kier molecular flexibility index (Phi) is 4.70. The minimum atomic E-state index is 0.558. The molecule has 0 unspecified atom stereocenters. The first-order valence-corrected chi connectivity index (χ1v) is 6.65. The van der Waals surface area contributed by atoms with Crippen LogP contribution in [0.5, 0.6) is 5.75 Å². The first-order chi connectivity index (χ1) is 9.24. The summed E-state index contributed by atoms with van der Waals surface area (Å²) in [7, 11) is 1.64. The smallest absolute Gasteiger partial charge is 0.148 e. The predicted octanol–water partition coefficient (Wildman–Crippen LogP) is 2.29. The minimum Gasteiger partial charge on any atom is -0.496 e. The number of ether oxygens (including phenoxy) is 1. The molecular formula is C13H15BrN4O. The molecule has 0 amide bonds. The lowest BCUT2D eigenvalue weighted by Gasteiger charge is -2.09. The molecule has 0 radical (unpaired) electrons. The summed E-state index contributed by atoms with van der Waals surface area (Å²) >= 11 is 3.44. The molecule has 0 aliphatic rings. The molecule has 100 valence electrons. The first-order valence-electron chi connectivity index (χ1n) is 5.86. The van der Waals surface area contributed by atoms with Crippen molar-refractivity contribution >= 4 is 21.7 Å². The maximum absolute atomic E-state index is 5.42. The number of benzene rings is 1. The van der Waals surface area contributed by atoms with Gasteiger partial charge in [-0.3, -0.25) is 0 Å². The van der Waals surface area contributed by atoms with Crippen LogP contribution in [0.1, 0.15) is 0 Å². The van der Waals surface area contributed by atoms with Gasteiger partial charge in [-0.15, -0.1) is 10.2 Å². The third-order valence-corrected chi connectivity index (χ3v) is 3.05. The van der Waals surface area contributed by atoms with Gasteiger partial charge in [-0.25, -0.2) is 0 Å². The third-order valence-electron chi connectivity index (χ3n) is 2.55. The van der Waals surface area contributed by atoms with Gasteiger partial charge in [-0.1, -0.05) is 15.9 Å². The van der Waals surface area contributed by atoms with E-state index in [1.165, 1.54) is 0 Å². The van der Waals surface area contributed by atoms with Crippen molar-refractivity contribution in [2.24, 2.45) is 5.73 Å². The summed E-state index contributed by atoms with van der Waals surface area (Å²) in [6.45, 7) is 1.23. The maximum Gasteiger partial charge on any atom is 0.148 e. The third kappa shape index (κ3) is 3.42. The maximum atomic E-state index is 5.42. The molecular weight excluding hydrogens is 308 g/mol. The number of aromatic nitrogens is 2. The molecule has 6 heteroatoms. The van der Waals surface area contributed by atoms with Crippen LogP contribution < -0.4 is 15.8 Å². The second kappa shape index (κ2) is 6.49. The van der Waals surface area contributed by atoms with Crippen LogP contribution in [-0.2, 0) is 0 Å². The van der Waals surface area contributed by atoms with Crippen molar-refractivity contribution in [1.29, 1.82) is 0 Å². The molecule has 0 bridgehead atoms. The van der Waals surface area contributed by atoms with Gasteiger partial charge in [0.25, 0.3) is 0 Å². The molecule has 0 saturated carbocycles. The van der Waals surface area contributed by atoms with Gasteiger partial charge in [0.1, 0.15) is 11.6 Å². The highest BCUT2D eigenvalue weighted by Crippen LogP contribution is 2.31. The molecule has 0 aliphatic carbocycles. The van der Waals surface area contributed by atoms with Crippen molar-refractivity contribution in [3.8, 4) is 17.0 Å². The molecule has 2 aromatic rings. The van der Waals surface area contributed by atoms with Gasteiger partial charge in [-0.2, -0.15) is 0 Å². The molecule has 1 aromatic heterocycles. The van der Waals surface area contributed by atoms with Crippen LogP contribution in [0.25, 0.3) is 11.3 Å². The second-order valence-electron chi connectivity index (χ2n) is 3.86. The van der Waals surface area contributed by atoms with Crippen LogP contribution in [0.4, 0.5) is 5.82 Å². The van der Waals surface area contributed by atoms with E-state index in [0.29, 0.717) is 18.9 Å². The highest BCUT2D eigenvalue weighted by molar-refractivity contribution is 9.10. The van der Waals surface area contributed by atoms with Gasteiger partial charge in [0.05, 0.1) is 12.8 Å². The van der Waals surface area contributed by atoms with Gasteiger partial charge in [0.15, 0.2) is 0 Å². The van der Waals surface area contributed by atoms with E-state index in [4.69, 9.17) is 10.5 Å². The molecule has 2 rings (SSSR count). The summed E-state index contributed by atoms with van der Waals surface area (Å²) in [5, 5.41) is 11.4. The number of nitrogens with one attached hydrogen (secondary N) is 1. The number of hydrogen-bond donors (Lipinski definition) is 2. The number of nitrogens with zero attached hydrogens (tertiary/aromatic N) is 2. The van der Waals surface area contributed by atoms with Crippen LogP contribution in [0.2, 0.25) is 0 Å². The summed E-state index contributed by atoms with van der Waals surface area (Å²) < 4.78 is 6.30. The van der Waals surface area contributed by atoms with E-state index in [-0.39, 0.29) is 0 Å². The van der Waals surface area contributed by atoms with Crippen LogP contribution in [-0.4, -0.2) is 30.4 Å². The van der Waals surface area contributed by atoms with E-state index in [9.17, 15) is 0 Å². The van der Waals surface area contributed by atoms with Crippen LogP contribution in [0.3, 0.4) is 0 Å². The van der Waals surface area contributed by atoms with Gasteiger partial charge in [0, 0.05) is 23.1 Å². The Labute approximate surface area is 120 Å². The Morgan fingerprint density at radius 3 is 2.74 bits per heavy atom. The van der Waals surface area contributed by atoms with Crippen LogP contribution in [0.15, 0.2) is 34.8 Å². The van der Waals surface area contributed by atoms with E-state index < -0.39 is 0 Å². The lowest BCUT2D eigenvalue weighted by Crippen LogP contribution is -2.14. The Morgan fingerprint density at radius 1 is 1.26 bits per heavy atom. The molecule has 0 aliphatic heterocycles. The Bertz CT molecular complexity index is 545. The Morgan fingerprint density at radius 2 is 2.11 bits per heavy atom. The van der Waals surface area contributed by atoms with E-state index >= 15 is 0 Å². The zero-order chi connectivity index (χ0) is 13.7. The van der Waals surface area contributed by atoms with E-state index in [2.05, 4.69) is 31.4 Å². The summed E-state index contributed by atoms with van der Waals surface area (Å²) in [5.74, 6) is 1.48. The first kappa shape index (κ1) is 13.8. The fraction of sp³-hybridized carbons (Fsp3) is 0.231. The van der Waals surface area contributed by atoms with Crippen LogP contribution in [0, 0.1) is 0 Å². The topological polar surface area (TPSA) is 73.1 Å². The second-order valence-corrected chi connectivity index (χ2v) is 4.78. The number of hydrogen-bond acceptors (Lipinski definition) is 5. The van der Waals surface area contributed by atoms with Crippen molar-refractivity contribution < 1.29 is 4.74 Å². The quantitative estimate of drug-likeness (QED) is 0.883. The predicted molar refractivity (Wildman–Crippen MR) is 79.3 cm³/mol.